The van der Waals surface area contributed by atoms with Gasteiger partial charge in [0.15, 0.2) is 0 Å². The van der Waals surface area contributed by atoms with E-state index in [1.165, 1.54) is 23.5 Å². The Bertz CT molecular complexity index is 687. The molecule has 5 nitrogen and oxygen atoms in total. The van der Waals surface area contributed by atoms with Crippen molar-refractivity contribution in [1.82, 2.24) is 0 Å². The maximum absolute atomic E-state index is 13.7. The summed E-state index contributed by atoms with van der Waals surface area (Å²) >= 11 is 1.45. The van der Waals surface area contributed by atoms with Crippen molar-refractivity contribution in [2.45, 2.75) is 11.0 Å². The van der Waals surface area contributed by atoms with Gasteiger partial charge in [-0.15, -0.1) is 0 Å². The normalized spacial score (nSPS) is 13.2. The number of nitrogens with two attached hydrogens (primary N) is 1. The molecule has 0 saturated carbocycles. The third kappa shape index (κ3) is 3.54. The molecule has 108 valence electrons. The van der Waals surface area contributed by atoms with E-state index < -0.39 is 21.9 Å². The summed E-state index contributed by atoms with van der Waals surface area (Å²) in [6.07, 6.45) is -0.765. The zero-order valence-electron chi connectivity index (χ0n) is 10.3. The largest absolute Gasteiger partial charge is 0.387 e. The first kappa shape index (κ1) is 14.9. The van der Waals surface area contributed by atoms with Crippen molar-refractivity contribution in [1.29, 1.82) is 0 Å². The number of primary sulfonamides is 1. The quantitative estimate of drug-likeness (QED) is 0.782. The van der Waals surface area contributed by atoms with Crippen molar-refractivity contribution >= 4 is 27.0 Å². The van der Waals surface area contributed by atoms with Gasteiger partial charge in [0.05, 0.1) is 16.7 Å². The van der Waals surface area contributed by atoms with Gasteiger partial charge in [0.2, 0.25) is 10.0 Å². The molecule has 0 aliphatic rings. The van der Waals surface area contributed by atoms with Crippen molar-refractivity contribution < 1.29 is 17.9 Å². The molecule has 0 amide bonds. The molecule has 4 N–H and O–H groups in total. The summed E-state index contributed by atoms with van der Waals surface area (Å²) in [5.74, 6) is -0.742. The molecule has 0 saturated heterocycles. The number of halogens is 1. The zero-order chi connectivity index (χ0) is 14.8. The van der Waals surface area contributed by atoms with Gasteiger partial charge < -0.3 is 10.4 Å². The predicted octanol–water partition coefficient (Wildman–Crippen LogP) is 1.68. The summed E-state index contributed by atoms with van der Waals surface area (Å²) in [6, 6.07) is 5.10. The zero-order valence-corrected chi connectivity index (χ0v) is 11.9. The molecule has 2 rings (SSSR count). The van der Waals surface area contributed by atoms with Gasteiger partial charge in [0.25, 0.3) is 0 Å². The molecular weight excluding hydrogens is 303 g/mol. The monoisotopic (exact) mass is 316 g/mol. The second-order valence-electron chi connectivity index (χ2n) is 4.14. The van der Waals surface area contributed by atoms with E-state index in [4.69, 9.17) is 5.14 Å². The number of sulfonamides is 1. The van der Waals surface area contributed by atoms with Crippen LogP contribution in [-0.4, -0.2) is 20.1 Å². The van der Waals surface area contributed by atoms with Crippen LogP contribution in [0.4, 0.5) is 10.1 Å². The second-order valence-corrected chi connectivity index (χ2v) is 6.48. The Hall–Kier alpha value is -1.48. The van der Waals surface area contributed by atoms with Crippen LogP contribution in [0.3, 0.4) is 0 Å². The number of anilines is 1. The summed E-state index contributed by atoms with van der Waals surface area (Å²) in [6.45, 7) is 0.113. The Kier molecular flexibility index (Phi) is 4.39. The molecule has 0 aliphatic heterocycles. The lowest BCUT2D eigenvalue weighted by atomic mass is 10.2. The fraction of sp³-hybridized carbons (Fsp3) is 0.167. The minimum atomic E-state index is -3.92. The molecule has 0 spiro atoms. The molecule has 0 radical (unpaired) electrons. The Morgan fingerprint density at radius 3 is 2.70 bits per heavy atom. The second kappa shape index (κ2) is 5.88. The number of hydrogen-bond acceptors (Lipinski definition) is 5. The number of aliphatic hydroxyl groups excluding tert-OH is 1. The van der Waals surface area contributed by atoms with E-state index >= 15 is 0 Å². The van der Waals surface area contributed by atoms with Crippen LogP contribution in [0.2, 0.25) is 0 Å². The molecule has 1 heterocycles. The van der Waals surface area contributed by atoms with Gasteiger partial charge in [-0.1, -0.05) is 0 Å². The minimum Gasteiger partial charge on any atom is -0.387 e. The van der Waals surface area contributed by atoms with E-state index in [1.807, 2.05) is 5.38 Å². The number of hydrogen-bond donors (Lipinski definition) is 3. The summed E-state index contributed by atoms with van der Waals surface area (Å²) in [5, 5.41) is 21.1. The van der Waals surface area contributed by atoms with Crippen LogP contribution in [-0.2, 0) is 10.0 Å². The molecule has 1 atom stereocenters. The van der Waals surface area contributed by atoms with Crippen LogP contribution in [0.5, 0.6) is 0 Å². The lowest BCUT2D eigenvalue weighted by Crippen LogP contribution is -2.14. The average molecular weight is 316 g/mol. The Labute approximate surface area is 119 Å². The van der Waals surface area contributed by atoms with E-state index in [2.05, 4.69) is 5.32 Å². The molecular formula is C12H13FN2O3S2. The molecule has 1 aromatic heterocycles. The van der Waals surface area contributed by atoms with Gasteiger partial charge in [-0.2, -0.15) is 11.3 Å². The van der Waals surface area contributed by atoms with Crippen molar-refractivity contribution in [3.05, 3.63) is 46.4 Å². The van der Waals surface area contributed by atoms with Gasteiger partial charge >= 0.3 is 0 Å². The van der Waals surface area contributed by atoms with Crippen molar-refractivity contribution in [3.8, 4) is 0 Å². The van der Waals surface area contributed by atoms with E-state index in [1.54, 1.807) is 11.4 Å². The van der Waals surface area contributed by atoms with Gasteiger partial charge in [0.1, 0.15) is 5.82 Å². The standard InChI is InChI=1S/C12H13FN2O3S2/c13-10-5-9(20(14,17)18)1-2-11(10)15-6-12(16)8-3-4-19-7-8/h1-5,7,12,15-16H,6H2,(H2,14,17,18). The predicted molar refractivity (Wildman–Crippen MR) is 75.5 cm³/mol. The lowest BCUT2D eigenvalue weighted by Gasteiger charge is -2.12. The molecule has 0 bridgehead atoms. The van der Waals surface area contributed by atoms with Gasteiger partial charge in [-0.25, -0.2) is 17.9 Å². The summed E-state index contributed by atoms with van der Waals surface area (Å²) in [4.78, 5) is -0.293. The Morgan fingerprint density at radius 2 is 2.15 bits per heavy atom. The summed E-state index contributed by atoms with van der Waals surface area (Å²) in [7, 11) is -3.92. The van der Waals surface area contributed by atoms with Crippen LogP contribution in [0, 0.1) is 5.82 Å². The highest BCUT2D eigenvalue weighted by Gasteiger charge is 2.13. The summed E-state index contributed by atoms with van der Waals surface area (Å²) < 4.78 is 35.9. The number of rotatable bonds is 5. The number of thiophene rings is 1. The molecule has 1 unspecified atom stereocenters. The maximum Gasteiger partial charge on any atom is 0.238 e. The number of nitrogens with one attached hydrogen (secondary N) is 1. The van der Waals surface area contributed by atoms with Crippen LogP contribution < -0.4 is 10.5 Å². The third-order valence-corrected chi connectivity index (χ3v) is 4.30. The number of benzene rings is 1. The van der Waals surface area contributed by atoms with Crippen molar-refractivity contribution in [2.24, 2.45) is 5.14 Å². The first-order chi connectivity index (χ1) is 9.38. The number of aliphatic hydroxyl groups is 1. The highest BCUT2D eigenvalue weighted by atomic mass is 32.2. The Morgan fingerprint density at radius 1 is 1.40 bits per heavy atom. The lowest BCUT2D eigenvalue weighted by molar-refractivity contribution is 0.192. The van der Waals surface area contributed by atoms with E-state index in [-0.39, 0.29) is 17.1 Å². The smallest absolute Gasteiger partial charge is 0.238 e. The molecule has 8 heteroatoms. The average Bonchev–Trinajstić information content (AvgIpc) is 2.89. The van der Waals surface area contributed by atoms with Gasteiger partial charge in [-0.3, -0.25) is 0 Å². The first-order valence-electron chi connectivity index (χ1n) is 5.64. The minimum absolute atomic E-state index is 0.103. The van der Waals surface area contributed by atoms with E-state index in [9.17, 15) is 17.9 Å². The molecule has 1 aromatic carbocycles. The van der Waals surface area contributed by atoms with Crippen molar-refractivity contribution in [2.75, 3.05) is 11.9 Å². The van der Waals surface area contributed by atoms with Crippen LogP contribution in [0.15, 0.2) is 39.9 Å². The molecule has 0 aliphatic carbocycles. The molecule has 0 fully saturated rings. The van der Waals surface area contributed by atoms with Crippen molar-refractivity contribution in [3.63, 3.8) is 0 Å². The van der Waals surface area contributed by atoms with Crippen LogP contribution >= 0.6 is 11.3 Å². The van der Waals surface area contributed by atoms with Crippen LogP contribution in [0.1, 0.15) is 11.7 Å². The highest BCUT2D eigenvalue weighted by Crippen LogP contribution is 2.21. The maximum atomic E-state index is 13.7. The van der Waals surface area contributed by atoms with E-state index in [0.717, 1.165) is 11.6 Å². The van der Waals surface area contributed by atoms with Crippen LogP contribution in [0.25, 0.3) is 0 Å². The summed E-state index contributed by atoms with van der Waals surface area (Å²) in [5.41, 5.74) is 0.843. The molecule has 2 aromatic rings. The third-order valence-electron chi connectivity index (χ3n) is 2.68. The van der Waals surface area contributed by atoms with Gasteiger partial charge in [0, 0.05) is 6.54 Å². The first-order valence-corrected chi connectivity index (χ1v) is 8.13. The fourth-order valence-corrected chi connectivity index (χ4v) is 2.84. The SMILES string of the molecule is NS(=O)(=O)c1ccc(NCC(O)c2ccsc2)c(F)c1. The van der Waals surface area contributed by atoms with Gasteiger partial charge in [-0.05, 0) is 40.6 Å². The highest BCUT2D eigenvalue weighted by molar-refractivity contribution is 7.89. The fourth-order valence-electron chi connectivity index (χ4n) is 1.61. The topological polar surface area (TPSA) is 92.4 Å². The molecule has 20 heavy (non-hydrogen) atoms. The van der Waals surface area contributed by atoms with E-state index in [0.29, 0.717) is 0 Å². The Balaban J connectivity index is 2.07.